The van der Waals surface area contributed by atoms with Crippen LogP contribution >= 0.6 is 11.6 Å². The zero-order valence-corrected chi connectivity index (χ0v) is 16.7. The summed E-state index contributed by atoms with van der Waals surface area (Å²) in [5.41, 5.74) is 0.457. The predicted molar refractivity (Wildman–Crippen MR) is 107 cm³/mol. The quantitative estimate of drug-likeness (QED) is 0.236. The largest absolute Gasteiger partial charge is 0.462 e. The minimum atomic E-state index is -0.315. The molecule has 0 aromatic heterocycles. The summed E-state index contributed by atoms with van der Waals surface area (Å²) >= 11 is 5.98. The predicted octanol–water partition coefficient (Wildman–Crippen LogP) is 7.59. The third kappa shape index (κ3) is 11.3. The highest BCUT2D eigenvalue weighted by atomic mass is 35.5. The van der Waals surface area contributed by atoms with E-state index in [-0.39, 0.29) is 5.97 Å². The zero-order chi connectivity index (χ0) is 18.2. The van der Waals surface area contributed by atoms with Crippen molar-refractivity contribution in [2.24, 2.45) is 0 Å². The van der Waals surface area contributed by atoms with E-state index in [9.17, 15) is 4.79 Å². The third-order valence-electron chi connectivity index (χ3n) is 4.57. The molecule has 0 aliphatic rings. The molecule has 0 bridgehead atoms. The van der Waals surface area contributed by atoms with Gasteiger partial charge in [0.25, 0.3) is 0 Å². The van der Waals surface area contributed by atoms with E-state index in [0.717, 1.165) is 12.8 Å². The van der Waals surface area contributed by atoms with Crippen LogP contribution in [-0.2, 0) is 4.74 Å². The molecule has 0 N–H and O–H groups in total. The summed E-state index contributed by atoms with van der Waals surface area (Å²) in [5.74, 6) is -0.315. The molecule has 0 aliphatic carbocycles. The first-order valence-corrected chi connectivity index (χ1v) is 10.5. The Morgan fingerprint density at radius 2 is 1.28 bits per heavy atom. The molecule has 1 rings (SSSR count). The van der Waals surface area contributed by atoms with Gasteiger partial charge in [-0.3, -0.25) is 0 Å². The fourth-order valence-electron chi connectivity index (χ4n) is 2.99. The Morgan fingerprint density at radius 3 is 1.80 bits per heavy atom. The summed E-state index contributed by atoms with van der Waals surface area (Å²) in [6.45, 7) is 2.75. The molecule has 0 heterocycles. The molecule has 0 amide bonds. The van der Waals surface area contributed by atoms with Gasteiger partial charge in [0.2, 0.25) is 0 Å². The number of benzene rings is 1. The SMILES string of the molecule is CCCCCCCCCCCCCCCOC(=O)c1ccccc1Cl. The summed E-state index contributed by atoms with van der Waals surface area (Å²) in [4.78, 5) is 11.9. The van der Waals surface area contributed by atoms with Gasteiger partial charge in [0.15, 0.2) is 0 Å². The first kappa shape index (κ1) is 22.0. The Hall–Kier alpha value is -1.02. The molecule has 0 saturated heterocycles. The van der Waals surface area contributed by atoms with Crippen LogP contribution in [0.4, 0.5) is 0 Å². The minimum Gasteiger partial charge on any atom is -0.462 e. The number of ether oxygens (including phenoxy) is 1. The number of esters is 1. The summed E-state index contributed by atoms with van der Waals surface area (Å²) in [6, 6.07) is 7.02. The third-order valence-corrected chi connectivity index (χ3v) is 4.90. The van der Waals surface area contributed by atoms with Crippen LogP contribution in [0, 0.1) is 0 Å². The average molecular weight is 367 g/mol. The van der Waals surface area contributed by atoms with E-state index in [1.807, 2.05) is 6.07 Å². The summed E-state index contributed by atoms with van der Waals surface area (Å²) in [5, 5.41) is 0.456. The topological polar surface area (TPSA) is 26.3 Å². The maximum atomic E-state index is 11.9. The molecule has 0 fully saturated rings. The van der Waals surface area contributed by atoms with Crippen LogP contribution in [-0.4, -0.2) is 12.6 Å². The Labute approximate surface area is 159 Å². The van der Waals surface area contributed by atoms with Crippen molar-refractivity contribution in [3.05, 3.63) is 34.9 Å². The van der Waals surface area contributed by atoms with Gasteiger partial charge in [-0.05, 0) is 18.6 Å². The van der Waals surface area contributed by atoms with E-state index < -0.39 is 0 Å². The first-order valence-electron chi connectivity index (χ1n) is 10.2. The molecular weight excluding hydrogens is 332 g/mol. The van der Waals surface area contributed by atoms with Crippen molar-refractivity contribution in [3.63, 3.8) is 0 Å². The molecule has 0 aliphatic heterocycles. The van der Waals surface area contributed by atoms with Gasteiger partial charge in [-0.1, -0.05) is 108 Å². The van der Waals surface area contributed by atoms with Gasteiger partial charge < -0.3 is 4.74 Å². The molecule has 142 valence electrons. The van der Waals surface area contributed by atoms with Crippen LogP contribution in [0.2, 0.25) is 5.02 Å². The van der Waals surface area contributed by atoms with Crippen LogP contribution in [0.15, 0.2) is 24.3 Å². The second kappa shape index (κ2) is 15.3. The lowest BCUT2D eigenvalue weighted by molar-refractivity contribution is 0.0498. The molecule has 0 radical (unpaired) electrons. The van der Waals surface area contributed by atoms with Gasteiger partial charge in [0, 0.05) is 0 Å². The van der Waals surface area contributed by atoms with Crippen LogP contribution in [0.25, 0.3) is 0 Å². The summed E-state index contributed by atoms with van der Waals surface area (Å²) in [6.07, 6.45) is 17.1. The number of carbonyl (C=O) groups excluding carboxylic acids is 1. The van der Waals surface area contributed by atoms with E-state index in [4.69, 9.17) is 16.3 Å². The lowest BCUT2D eigenvalue weighted by Crippen LogP contribution is -2.07. The molecule has 3 heteroatoms. The standard InChI is InChI=1S/C22H35ClO2/c1-2-3-4-5-6-7-8-9-10-11-12-13-16-19-25-22(24)20-17-14-15-18-21(20)23/h14-15,17-18H,2-13,16,19H2,1H3. The van der Waals surface area contributed by atoms with Crippen LogP contribution in [0.5, 0.6) is 0 Å². The normalized spacial score (nSPS) is 10.8. The van der Waals surface area contributed by atoms with Crippen molar-refractivity contribution in [1.82, 2.24) is 0 Å². The van der Waals surface area contributed by atoms with Crippen molar-refractivity contribution in [2.75, 3.05) is 6.61 Å². The number of hydrogen-bond acceptors (Lipinski definition) is 2. The molecule has 2 nitrogen and oxygen atoms in total. The van der Waals surface area contributed by atoms with E-state index in [1.165, 1.54) is 70.6 Å². The number of hydrogen-bond donors (Lipinski definition) is 0. The molecule has 25 heavy (non-hydrogen) atoms. The van der Waals surface area contributed by atoms with Crippen molar-refractivity contribution in [3.8, 4) is 0 Å². The highest BCUT2D eigenvalue weighted by Crippen LogP contribution is 2.16. The van der Waals surface area contributed by atoms with E-state index in [1.54, 1.807) is 18.2 Å². The van der Waals surface area contributed by atoms with Gasteiger partial charge >= 0.3 is 5.97 Å². The van der Waals surface area contributed by atoms with Crippen LogP contribution in [0.1, 0.15) is 101 Å². The van der Waals surface area contributed by atoms with Gasteiger partial charge in [-0.25, -0.2) is 4.79 Å². The average Bonchev–Trinajstić information content (AvgIpc) is 2.62. The monoisotopic (exact) mass is 366 g/mol. The zero-order valence-electron chi connectivity index (χ0n) is 15.9. The smallest absolute Gasteiger partial charge is 0.339 e. The van der Waals surface area contributed by atoms with Gasteiger partial charge in [0.1, 0.15) is 0 Å². The Bertz CT molecular complexity index is 459. The number of unbranched alkanes of at least 4 members (excludes halogenated alkanes) is 12. The lowest BCUT2D eigenvalue weighted by Gasteiger charge is -2.06. The Kier molecular flexibility index (Phi) is 13.4. The van der Waals surface area contributed by atoms with Crippen LogP contribution < -0.4 is 0 Å². The number of halogens is 1. The lowest BCUT2D eigenvalue weighted by atomic mass is 10.0. The van der Waals surface area contributed by atoms with E-state index in [0.29, 0.717) is 17.2 Å². The first-order chi connectivity index (χ1) is 12.3. The van der Waals surface area contributed by atoms with Crippen LogP contribution in [0.3, 0.4) is 0 Å². The van der Waals surface area contributed by atoms with Gasteiger partial charge in [0.05, 0.1) is 17.2 Å². The van der Waals surface area contributed by atoms with Crippen molar-refractivity contribution in [2.45, 2.75) is 90.4 Å². The second-order valence-corrected chi connectivity index (χ2v) is 7.27. The fraction of sp³-hybridized carbons (Fsp3) is 0.682. The molecular formula is C22H35ClO2. The summed E-state index contributed by atoms with van der Waals surface area (Å²) < 4.78 is 5.29. The van der Waals surface area contributed by atoms with Crippen molar-refractivity contribution >= 4 is 17.6 Å². The molecule has 0 atom stereocenters. The Balaban J connectivity index is 1.86. The summed E-state index contributed by atoms with van der Waals surface area (Å²) in [7, 11) is 0. The maximum Gasteiger partial charge on any atom is 0.339 e. The second-order valence-electron chi connectivity index (χ2n) is 6.86. The number of carbonyl (C=O) groups is 1. The van der Waals surface area contributed by atoms with Crippen molar-refractivity contribution < 1.29 is 9.53 Å². The fourth-order valence-corrected chi connectivity index (χ4v) is 3.20. The van der Waals surface area contributed by atoms with Gasteiger partial charge in [-0.15, -0.1) is 0 Å². The molecule has 0 spiro atoms. The molecule has 1 aromatic rings. The molecule has 0 unspecified atom stereocenters. The highest BCUT2D eigenvalue weighted by Gasteiger charge is 2.10. The van der Waals surface area contributed by atoms with Crippen molar-refractivity contribution in [1.29, 1.82) is 0 Å². The van der Waals surface area contributed by atoms with E-state index in [2.05, 4.69) is 6.92 Å². The van der Waals surface area contributed by atoms with E-state index >= 15 is 0 Å². The molecule has 0 saturated carbocycles. The minimum absolute atomic E-state index is 0.315. The Morgan fingerprint density at radius 1 is 0.800 bits per heavy atom. The maximum absolute atomic E-state index is 11.9. The highest BCUT2D eigenvalue weighted by molar-refractivity contribution is 6.33. The number of rotatable bonds is 15. The molecule has 1 aromatic carbocycles. The van der Waals surface area contributed by atoms with Gasteiger partial charge in [-0.2, -0.15) is 0 Å².